The van der Waals surface area contributed by atoms with Crippen LogP contribution in [0.25, 0.3) is 0 Å². The number of benzene rings is 3. The maximum Gasteiger partial charge on any atom is 0.411 e. The number of carboxylic acid groups (broad SMARTS) is 1. The van der Waals surface area contributed by atoms with Gasteiger partial charge in [-0.3, -0.25) is 9.80 Å². The molecule has 2 heterocycles. The van der Waals surface area contributed by atoms with Crippen molar-refractivity contribution in [3.05, 3.63) is 107 Å². The monoisotopic (exact) mass is 470 g/mol. The number of ether oxygens (including phenoxy) is 1. The van der Waals surface area contributed by atoms with Gasteiger partial charge < -0.3 is 9.84 Å². The number of hydrogen-bond acceptors (Lipinski definition) is 4. The number of carbonyl (C=O) groups is 2. The number of hydrogen-bond donors (Lipinski definition) is 1. The summed E-state index contributed by atoms with van der Waals surface area (Å²) in [5.41, 5.74) is 2.30. The number of piperidine rings is 1. The van der Waals surface area contributed by atoms with Crippen LogP contribution in [0.3, 0.4) is 0 Å². The van der Waals surface area contributed by atoms with Crippen molar-refractivity contribution in [2.45, 2.75) is 44.0 Å². The lowest BCUT2D eigenvalue weighted by molar-refractivity contribution is -0.0614. The average molecular weight is 471 g/mol. The van der Waals surface area contributed by atoms with Gasteiger partial charge in [0.2, 0.25) is 0 Å². The molecule has 3 aromatic rings. The topological polar surface area (TPSA) is 70.1 Å². The zero-order chi connectivity index (χ0) is 24.5. The number of carboxylic acids is 1. The first-order valence-corrected chi connectivity index (χ1v) is 12.1. The lowest BCUT2D eigenvalue weighted by Gasteiger charge is -2.48. The van der Waals surface area contributed by atoms with Gasteiger partial charge in [-0.2, -0.15) is 0 Å². The number of amides is 1. The van der Waals surface area contributed by atoms with Gasteiger partial charge in [0.25, 0.3) is 0 Å². The molecule has 0 saturated carbocycles. The molecule has 35 heavy (non-hydrogen) atoms. The van der Waals surface area contributed by atoms with Gasteiger partial charge in [-0.05, 0) is 35.7 Å². The first-order valence-electron chi connectivity index (χ1n) is 12.1. The van der Waals surface area contributed by atoms with Crippen LogP contribution >= 0.6 is 0 Å². The quantitative estimate of drug-likeness (QED) is 0.530. The van der Waals surface area contributed by atoms with Crippen molar-refractivity contribution >= 4 is 12.1 Å². The molecule has 3 aromatic carbocycles. The van der Waals surface area contributed by atoms with E-state index in [1.165, 1.54) is 0 Å². The zero-order valence-corrected chi connectivity index (χ0v) is 19.9. The van der Waals surface area contributed by atoms with Gasteiger partial charge in [-0.15, -0.1) is 0 Å². The molecule has 2 aliphatic heterocycles. The Hall–Kier alpha value is -3.64. The van der Waals surface area contributed by atoms with Crippen molar-refractivity contribution in [1.29, 1.82) is 0 Å². The highest BCUT2D eigenvalue weighted by atomic mass is 16.6. The number of aromatic carboxylic acids is 1. The molecule has 1 amide bonds. The molecule has 1 atom stereocenters. The van der Waals surface area contributed by atoms with Gasteiger partial charge in [0.05, 0.1) is 12.1 Å². The molecule has 0 aromatic heterocycles. The Kier molecular flexibility index (Phi) is 6.07. The average Bonchev–Trinajstić information content (AvgIpc) is 3.09. The van der Waals surface area contributed by atoms with Gasteiger partial charge in [0.15, 0.2) is 0 Å². The Morgan fingerprint density at radius 3 is 2.03 bits per heavy atom. The first kappa shape index (κ1) is 23.1. The Morgan fingerprint density at radius 1 is 0.857 bits per heavy atom. The summed E-state index contributed by atoms with van der Waals surface area (Å²) in [6.07, 6.45) is 1.18. The molecule has 1 N–H and O–H groups in total. The van der Waals surface area contributed by atoms with Crippen molar-refractivity contribution in [2.75, 3.05) is 13.1 Å². The molecule has 2 saturated heterocycles. The third-order valence-corrected chi connectivity index (χ3v) is 7.72. The van der Waals surface area contributed by atoms with Gasteiger partial charge >= 0.3 is 12.1 Å². The van der Waals surface area contributed by atoms with E-state index in [1.54, 1.807) is 12.1 Å². The summed E-state index contributed by atoms with van der Waals surface area (Å²) in [6.45, 7) is 4.95. The third-order valence-electron chi connectivity index (χ3n) is 7.72. The molecule has 1 spiro atoms. The van der Waals surface area contributed by atoms with Gasteiger partial charge in [-0.1, -0.05) is 72.8 Å². The summed E-state index contributed by atoms with van der Waals surface area (Å²) in [5.74, 6) is -0.917. The Morgan fingerprint density at radius 2 is 1.43 bits per heavy atom. The Balaban J connectivity index is 1.39. The highest BCUT2D eigenvalue weighted by Gasteiger charge is 2.63. The van der Waals surface area contributed by atoms with Gasteiger partial charge in [0, 0.05) is 32.5 Å². The van der Waals surface area contributed by atoms with Crippen LogP contribution in [0.5, 0.6) is 0 Å². The number of rotatable bonds is 6. The van der Waals surface area contributed by atoms with Crippen LogP contribution < -0.4 is 0 Å². The molecule has 180 valence electrons. The lowest BCUT2D eigenvalue weighted by Crippen LogP contribution is -2.58. The molecular weight excluding hydrogens is 440 g/mol. The summed E-state index contributed by atoms with van der Waals surface area (Å²) < 4.78 is 6.28. The molecule has 5 rings (SSSR count). The van der Waals surface area contributed by atoms with Crippen molar-refractivity contribution in [2.24, 2.45) is 0 Å². The molecule has 0 bridgehead atoms. The van der Waals surface area contributed by atoms with E-state index < -0.39 is 17.1 Å². The van der Waals surface area contributed by atoms with E-state index in [1.807, 2.05) is 65.6 Å². The molecule has 0 radical (unpaired) electrons. The largest absolute Gasteiger partial charge is 0.478 e. The molecular formula is C29H30N2O4. The summed E-state index contributed by atoms with van der Waals surface area (Å²) in [6, 6.07) is 27.3. The summed E-state index contributed by atoms with van der Waals surface area (Å²) in [5, 5.41) is 9.14. The molecule has 1 unspecified atom stereocenters. The SMILES string of the molecule is CC1(c2ccccc2)N(Cc2ccccc2)C(=O)OC12CCN(Cc1ccc(C(=O)O)cc1)CC2. The molecule has 6 nitrogen and oxygen atoms in total. The van der Waals surface area contributed by atoms with Crippen LogP contribution in [0, 0.1) is 0 Å². The van der Waals surface area contributed by atoms with E-state index in [0.717, 1.165) is 49.2 Å². The van der Waals surface area contributed by atoms with Crippen molar-refractivity contribution in [3.8, 4) is 0 Å². The predicted molar refractivity (Wildman–Crippen MR) is 133 cm³/mol. The standard InChI is InChI=1S/C29H30N2O4/c1-28(25-10-6-3-7-11-25)29(35-27(34)31(28)21-22-8-4-2-5-9-22)16-18-30(19-17-29)20-23-12-14-24(15-13-23)26(32)33/h2-15H,16-21H2,1H3,(H,32,33). The molecule has 0 aliphatic carbocycles. The smallest absolute Gasteiger partial charge is 0.411 e. The normalized spacial score (nSPS) is 21.7. The molecule has 2 fully saturated rings. The van der Waals surface area contributed by atoms with Gasteiger partial charge in [0.1, 0.15) is 11.1 Å². The van der Waals surface area contributed by atoms with Crippen molar-refractivity contribution < 1.29 is 19.4 Å². The second-order valence-corrected chi connectivity index (χ2v) is 9.65. The van der Waals surface area contributed by atoms with Crippen LogP contribution in [0.2, 0.25) is 0 Å². The van der Waals surface area contributed by atoms with E-state index in [9.17, 15) is 9.59 Å². The second kappa shape index (κ2) is 9.19. The van der Waals surface area contributed by atoms with E-state index in [4.69, 9.17) is 9.84 Å². The first-order chi connectivity index (χ1) is 16.9. The Labute approximate surface area is 205 Å². The van der Waals surface area contributed by atoms with Gasteiger partial charge in [-0.25, -0.2) is 9.59 Å². The van der Waals surface area contributed by atoms with Crippen LogP contribution in [-0.2, 0) is 23.4 Å². The van der Waals surface area contributed by atoms with E-state index in [2.05, 4.69) is 24.0 Å². The van der Waals surface area contributed by atoms with Crippen molar-refractivity contribution in [1.82, 2.24) is 9.80 Å². The van der Waals surface area contributed by atoms with Crippen LogP contribution in [0.15, 0.2) is 84.9 Å². The summed E-state index contributed by atoms with van der Waals surface area (Å²) in [4.78, 5) is 28.7. The van der Waals surface area contributed by atoms with Crippen LogP contribution in [-0.4, -0.2) is 45.7 Å². The fraction of sp³-hybridized carbons (Fsp3) is 0.310. The van der Waals surface area contributed by atoms with Crippen LogP contribution in [0.1, 0.15) is 46.8 Å². The fourth-order valence-electron chi connectivity index (χ4n) is 5.59. The zero-order valence-electron chi connectivity index (χ0n) is 19.9. The van der Waals surface area contributed by atoms with E-state index in [-0.39, 0.29) is 6.09 Å². The number of carbonyl (C=O) groups excluding carboxylic acids is 1. The third kappa shape index (κ3) is 4.19. The number of nitrogens with zero attached hydrogens (tertiary/aromatic N) is 2. The highest BCUT2D eigenvalue weighted by Crippen LogP contribution is 2.52. The molecule has 6 heteroatoms. The minimum Gasteiger partial charge on any atom is -0.478 e. The van der Waals surface area contributed by atoms with E-state index >= 15 is 0 Å². The highest BCUT2D eigenvalue weighted by molar-refractivity contribution is 5.87. The summed E-state index contributed by atoms with van der Waals surface area (Å²) >= 11 is 0. The minimum absolute atomic E-state index is 0.266. The fourth-order valence-corrected chi connectivity index (χ4v) is 5.59. The van der Waals surface area contributed by atoms with E-state index in [0.29, 0.717) is 12.1 Å². The van der Waals surface area contributed by atoms with Crippen LogP contribution in [0.4, 0.5) is 4.79 Å². The molecule has 2 aliphatic rings. The lowest BCUT2D eigenvalue weighted by atomic mass is 9.70. The van der Waals surface area contributed by atoms with Crippen molar-refractivity contribution in [3.63, 3.8) is 0 Å². The maximum absolute atomic E-state index is 13.3. The maximum atomic E-state index is 13.3. The second-order valence-electron chi connectivity index (χ2n) is 9.65. The number of likely N-dealkylation sites (tertiary alicyclic amines) is 1. The summed E-state index contributed by atoms with van der Waals surface area (Å²) in [7, 11) is 0. The minimum atomic E-state index is -0.917. The predicted octanol–water partition coefficient (Wildman–Crippen LogP) is 5.29. The Bertz CT molecular complexity index is 1190.